The van der Waals surface area contributed by atoms with Gasteiger partial charge in [-0.3, -0.25) is 4.79 Å². The van der Waals surface area contributed by atoms with E-state index in [-0.39, 0.29) is 29.7 Å². The normalized spacial score (nSPS) is 17.6. The van der Waals surface area contributed by atoms with Crippen LogP contribution in [0.4, 0.5) is 0 Å². The summed E-state index contributed by atoms with van der Waals surface area (Å²) < 4.78 is 29.6. The Balaban J connectivity index is 1.65. The van der Waals surface area contributed by atoms with Gasteiger partial charge in [0.25, 0.3) is 5.91 Å². The summed E-state index contributed by atoms with van der Waals surface area (Å²) in [5.74, 6) is 0.117. The number of rotatable bonds is 5. The van der Waals surface area contributed by atoms with Crippen molar-refractivity contribution in [3.8, 4) is 11.3 Å². The summed E-state index contributed by atoms with van der Waals surface area (Å²) in [6.45, 7) is 4.23. The monoisotopic (exact) mass is 458 g/mol. The number of sulfone groups is 1. The van der Waals surface area contributed by atoms with Crippen LogP contribution in [-0.2, 0) is 16.4 Å². The Morgan fingerprint density at radius 2 is 1.94 bits per heavy atom. The first-order valence-corrected chi connectivity index (χ1v) is 12.2. The van der Waals surface area contributed by atoms with Gasteiger partial charge in [0.15, 0.2) is 21.3 Å². The molecule has 0 spiro atoms. The number of halogens is 1. The lowest BCUT2D eigenvalue weighted by Gasteiger charge is -2.28. The van der Waals surface area contributed by atoms with Crippen molar-refractivity contribution in [3.63, 3.8) is 0 Å². The Kier molecular flexibility index (Phi) is 5.90. The highest BCUT2D eigenvalue weighted by Gasteiger charge is 2.36. The Hall–Kier alpha value is -2.64. The van der Waals surface area contributed by atoms with Gasteiger partial charge in [-0.2, -0.15) is 0 Å². The summed E-state index contributed by atoms with van der Waals surface area (Å²) in [6, 6.07) is 14.3. The van der Waals surface area contributed by atoms with E-state index in [9.17, 15) is 13.2 Å². The van der Waals surface area contributed by atoms with Crippen LogP contribution in [0.3, 0.4) is 0 Å². The van der Waals surface area contributed by atoms with Gasteiger partial charge < -0.3 is 9.42 Å². The van der Waals surface area contributed by atoms with Crippen LogP contribution in [0.5, 0.6) is 0 Å². The number of nitrogens with zero attached hydrogens (tertiary/aromatic N) is 2. The van der Waals surface area contributed by atoms with Gasteiger partial charge in [-0.15, -0.1) is 0 Å². The Bertz CT molecular complexity index is 1240. The molecule has 31 heavy (non-hydrogen) atoms. The molecule has 162 valence electrons. The number of aromatic nitrogens is 1. The molecule has 0 N–H and O–H groups in total. The van der Waals surface area contributed by atoms with Crippen LogP contribution in [0.1, 0.15) is 33.6 Å². The average molecular weight is 459 g/mol. The van der Waals surface area contributed by atoms with Gasteiger partial charge in [-0.05, 0) is 49.1 Å². The standard InChI is InChI=1S/C23H23ClN2O4S/c1-15-7-8-17(11-16(15)2)22-12-21(25-30-22)23(27)26(19-9-10-31(28,29)14-19)13-18-5-3-4-6-20(18)24/h3-8,11-12,19H,9-10,13-14H2,1-2H3/t19-/m1/s1. The highest BCUT2D eigenvalue weighted by Crippen LogP contribution is 2.27. The fraction of sp³-hybridized carbons (Fsp3) is 0.304. The van der Waals surface area contributed by atoms with Gasteiger partial charge in [0.05, 0.1) is 11.5 Å². The minimum Gasteiger partial charge on any atom is -0.355 e. The molecule has 1 fully saturated rings. The third kappa shape index (κ3) is 4.67. The van der Waals surface area contributed by atoms with Crippen molar-refractivity contribution in [3.05, 3.63) is 75.9 Å². The van der Waals surface area contributed by atoms with Crippen molar-refractivity contribution in [1.82, 2.24) is 10.1 Å². The molecule has 0 aliphatic carbocycles. The molecule has 1 atom stereocenters. The first-order chi connectivity index (χ1) is 14.7. The number of carbonyl (C=O) groups is 1. The summed E-state index contributed by atoms with van der Waals surface area (Å²) in [6.07, 6.45) is 0.389. The topological polar surface area (TPSA) is 80.5 Å². The smallest absolute Gasteiger partial charge is 0.276 e. The van der Waals surface area contributed by atoms with Crippen molar-refractivity contribution >= 4 is 27.3 Å². The third-order valence-corrected chi connectivity index (χ3v) is 7.85. The minimum absolute atomic E-state index is 0.0644. The maximum absolute atomic E-state index is 13.4. The zero-order valence-electron chi connectivity index (χ0n) is 17.3. The molecule has 1 aliphatic heterocycles. The molecule has 2 aromatic carbocycles. The molecular weight excluding hydrogens is 436 g/mol. The van der Waals surface area contributed by atoms with E-state index in [1.165, 1.54) is 0 Å². The molecule has 3 aromatic rings. The van der Waals surface area contributed by atoms with Crippen LogP contribution in [0, 0.1) is 13.8 Å². The molecule has 1 amide bonds. The molecule has 6 nitrogen and oxygen atoms in total. The van der Waals surface area contributed by atoms with Crippen molar-refractivity contribution in [2.24, 2.45) is 0 Å². The molecule has 4 rings (SSSR count). The predicted octanol–water partition coefficient (Wildman–Crippen LogP) is 4.44. The summed E-state index contributed by atoms with van der Waals surface area (Å²) in [5.41, 5.74) is 3.99. The Labute approximate surface area is 186 Å². The Morgan fingerprint density at radius 3 is 2.61 bits per heavy atom. The first-order valence-electron chi connectivity index (χ1n) is 10.0. The van der Waals surface area contributed by atoms with Crippen molar-refractivity contribution in [1.29, 1.82) is 0 Å². The predicted molar refractivity (Wildman–Crippen MR) is 120 cm³/mol. The number of carbonyl (C=O) groups excluding carboxylic acids is 1. The van der Waals surface area contributed by atoms with Crippen LogP contribution in [-0.4, -0.2) is 41.9 Å². The van der Waals surface area contributed by atoms with E-state index < -0.39 is 15.9 Å². The number of benzene rings is 2. The van der Waals surface area contributed by atoms with Crippen LogP contribution >= 0.6 is 11.6 Å². The molecule has 0 saturated carbocycles. The second-order valence-corrected chi connectivity index (χ2v) is 10.6. The lowest BCUT2D eigenvalue weighted by Crippen LogP contribution is -2.40. The van der Waals surface area contributed by atoms with E-state index in [4.69, 9.17) is 16.1 Å². The summed E-state index contributed by atoms with van der Waals surface area (Å²) in [7, 11) is -3.18. The largest absolute Gasteiger partial charge is 0.355 e. The van der Waals surface area contributed by atoms with Crippen LogP contribution in [0.25, 0.3) is 11.3 Å². The van der Waals surface area contributed by atoms with Gasteiger partial charge >= 0.3 is 0 Å². The molecule has 1 saturated heterocycles. The van der Waals surface area contributed by atoms with Gasteiger partial charge in [0.1, 0.15) is 0 Å². The minimum atomic E-state index is -3.18. The maximum Gasteiger partial charge on any atom is 0.276 e. The zero-order chi connectivity index (χ0) is 22.2. The summed E-state index contributed by atoms with van der Waals surface area (Å²) >= 11 is 6.30. The number of amides is 1. The van der Waals surface area contributed by atoms with Gasteiger partial charge in [-0.1, -0.05) is 47.1 Å². The molecule has 0 unspecified atom stereocenters. The molecule has 0 bridgehead atoms. The second-order valence-electron chi connectivity index (χ2n) is 7.96. The van der Waals surface area contributed by atoms with E-state index >= 15 is 0 Å². The summed E-state index contributed by atoms with van der Waals surface area (Å²) in [5, 5.41) is 4.51. The molecule has 2 heterocycles. The number of hydrogen-bond donors (Lipinski definition) is 0. The lowest BCUT2D eigenvalue weighted by molar-refractivity contribution is 0.0670. The molecule has 1 aromatic heterocycles. The van der Waals surface area contributed by atoms with Crippen molar-refractivity contribution in [2.75, 3.05) is 11.5 Å². The highest BCUT2D eigenvalue weighted by molar-refractivity contribution is 7.91. The van der Waals surface area contributed by atoms with Crippen LogP contribution in [0.2, 0.25) is 5.02 Å². The zero-order valence-corrected chi connectivity index (χ0v) is 18.9. The van der Waals surface area contributed by atoms with Gasteiger partial charge in [0, 0.05) is 29.2 Å². The molecule has 0 radical (unpaired) electrons. The van der Waals surface area contributed by atoms with E-state index in [2.05, 4.69) is 5.16 Å². The van der Waals surface area contributed by atoms with Gasteiger partial charge in [-0.25, -0.2) is 8.42 Å². The molecular formula is C23H23ClN2O4S. The highest BCUT2D eigenvalue weighted by atomic mass is 35.5. The maximum atomic E-state index is 13.4. The molecule has 1 aliphatic rings. The number of hydrogen-bond acceptors (Lipinski definition) is 5. The van der Waals surface area contributed by atoms with Crippen LogP contribution in [0.15, 0.2) is 53.1 Å². The first kappa shape index (κ1) is 21.6. The lowest BCUT2D eigenvalue weighted by atomic mass is 10.0. The van der Waals surface area contributed by atoms with E-state index in [1.54, 1.807) is 17.0 Å². The fourth-order valence-electron chi connectivity index (χ4n) is 3.75. The van der Waals surface area contributed by atoms with Crippen molar-refractivity contribution in [2.45, 2.75) is 32.9 Å². The second kappa shape index (κ2) is 8.48. The van der Waals surface area contributed by atoms with Crippen molar-refractivity contribution < 1.29 is 17.7 Å². The fourth-order valence-corrected chi connectivity index (χ4v) is 5.68. The summed E-state index contributed by atoms with van der Waals surface area (Å²) in [4.78, 5) is 14.9. The molecule has 8 heteroatoms. The Morgan fingerprint density at radius 1 is 1.16 bits per heavy atom. The van der Waals surface area contributed by atoms with Crippen LogP contribution < -0.4 is 0 Å². The van der Waals surface area contributed by atoms with Gasteiger partial charge in [0.2, 0.25) is 0 Å². The SMILES string of the molecule is Cc1ccc(-c2cc(C(=O)N(Cc3ccccc3Cl)[C@@H]3CCS(=O)(=O)C3)no2)cc1C. The number of aryl methyl sites for hydroxylation is 2. The average Bonchev–Trinajstić information content (AvgIpc) is 3.36. The third-order valence-electron chi connectivity index (χ3n) is 5.73. The van der Waals surface area contributed by atoms with E-state index in [1.807, 2.05) is 50.2 Å². The quantitative estimate of drug-likeness (QED) is 0.564. The van der Waals surface area contributed by atoms with E-state index in [0.717, 1.165) is 22.3 Å². The van der Waals surface area contributed by atoms with E-state index in [0.29, 0.717) is 17.2 Å².